The molecule has 0 atom stereocenters. The molecule has 1 fully saturated rings. The third kappa shape index (κ3) is 2.83. The molecule has 2 aliphatic rings. The lowest BCUT2D eigenvalue weighted by Crippen LogP contribution is -2.44. The molecular weight excluding hydrogens is 302 g/mol. The summed E-state index contributed by atoms with van der Waals surface area (Å²) in [7, 11) is 0. The normalized spacial score (nSPS) is 17.4. The van der Waals surface area contributed by atoms with Gasteiger partial charge in [0.05, 0.1) is 12.2 Å². The number of rotatable bonds is 3. The Bertz CT molecular complexity index is 727. The SMILES string of the molecule is O=C1OCc2c(N3CCNCC3)cccc2N1Cc1ccccc1. The number of nitrogens with one attached hydrogen (secondary N) is 1. The van der Waals surface area contributed by atoms with Gasteiger partial charge in [-0.05, 0) is 17.7 Å². The van der Waals surface area contributed by atoms with Crippen molar-refractivity contribution >= 4 is 17.5 Å². The second-order valence-corrected chi connectivity index (χ2v) is 6.14. The van der Waals surface area contributed by atoms with Crippen molar-refractivity contribution in [1.82, 2.24) is 5.32 Å². The molecule has 1 N–H and O–H groups in total. The monoisotopic (exact) mass is 323 g/mol. The molecule has 0 radical (unpaired) electrons. The molecule has 1 saturated heterocycles. The van der Waals surface area contributed by atoms with Crippen LogP contribution in [0.3, 0.4) is 0 Å². The van der Waals surface area contributed by atoms with Gasteiger partial charge in [0.1, 0.15) is 6.61 Å². The summed E-state index contributed by atoms with van der Waals surface area (Å²) in [5.74, 6) is 0. The van der Waals surface area contributed by atoms with Gasteiger partial charge in [-0.15, -0.1) is 0 Å². The van der Waals surface area contributed by atoms with E-state index in [1.54, 1.807) is 4.90 Å². The van der Waals surface area contributed by atoms with Gasteiger partial charge in [0, 0.05) is 37.4 Å². The minimum atomic E-state index is -0.274. The van der Waals surface area contributed by atoms with Crippen molar-refractivity contribution in [2.75, 3.05) is 36.0 Å². The molecule has 2 aromatic carbocycles. The van der Waals surface area contributed by atoms with E-state index >= 15 is 0 Å². The van der Waals surface area contributed by atoms with Crippen molar-refractivity contribution in [3.05, 3.63) is 59.7 Å². The Labute approximate surface area is 141 Å². The summed E-state index contributed by atoms with van der Waals surface area (Å²) in [5, 5.41) is 3.38. The highest BCUT2D eigenvalue weighted by atomic mass is 16.6. The van der Waals surface area contributed by atoms with Gasteiger partial charge in [-0.25, -0.2) is 4.79 Å². The minimum Gasteiger partial charge on any atom is -0.444 e. The standard InChI is InChI=1S/C19H21N3O2/c23-19-22(13-15-5-2-1-3-6-15)18-8-4-7-17(16(18)14-24-19)21-11-9-20-10-12-21/h1-8,20H,9-14H2. The Morgan fingerprint density at radius 1 is 0.958 bits per heavy atom. The Morgan fingerprint density at radius 2 is 1.71 bits per heavy atom. The van der Waals surface area contributed by atoms with E-state index in [1.807, 2.05) is 42.5 Å². The summed E-state index contributed by atoms with van der Waals surface area (Å²) in [6.45, 7) is 4.79. The maximum Gasteiger partial charge on any atom is 0.414 e. The lowest BCUT2D eigenvalue weighted by atomic mass is 10.1. The van der Waals surface area contributed by atoms with Crippen LogP contribution in [0.2, 0.25) is 0 Å². The van der Waals surface area contributed by atoms with Crippen LogP contribution >= 0.6 is 0 Å². The first-order valence-electron chi connectivity index (χ1n) is 8.39. The first-order chi connectivity index (χ1) is 11.8. The second kappa shape index (κ2) is 6.53. The van der Waals surface area contributed by atoms with Gasteiger partial charge in [-0.2, -0.15) is 0 Å². The Hall–Kier alpha value is -2.53. The molecule has 0 unspecified atom stereocenters. The zero-order valence-corrected chi connectivity index (χ0v) is 13.6. The summed E-state index contributed by atoms with van der Waals surface area (Å²) in [6, 6.07) is 16.2. The fourth-order valence-corrected chi connectivity index (χ4v) is 3.39. The van der Waals surface area contributed by atoms with Crippen molar-refractivity contribution in [2.24, 2.45) is 0 Å². The van der Waals surface area contributed by atoms with E-state index < -0.39 is 0 Å². The van der Waals surface area contributed by atoms with Crippen LogP contribution in [-0.2, 0) is 17.9 Å². The van der Waals surface area contributed by atoms with Crippen molar-refractivity contribution in [1.29, 1.82) is 0 Å². The summed E-state index contributed by atoms with van der Waals surface area (Å²) in [4.78, 5) is 16.4. The summed E-state index contributed by atoms with van der Waals surface area (Å²) < 4.78 is 5.47. The molecule has 1 amide bonds. The third-order valence-electron chi connectivity index (χ3n) is 4.62. The molecule has 2 aromatic rings. The van der Waals surface area contributed by atoms with Crippen LogP contribution in [0.5, 0.6) is 0 Å². The van der Waals surface area contributed by atoms with Crippen LogP contribution in [0.15, 0.2) is 48.5 Å². The number of hydrogen-bond donors (Lipinski definition) is 1. The molecule has 2 aliphatic heterocycles. The quantitative estimate of drug-likeness (QED) is 0.943. The summed E-state index contributed by atoms with van der Waals surface area (Å²) in [6.07, 6.45) is -0.274. The summed E-state index contributed by atoms with van der Waals surface area (Å²) >= 11 is 0. The van der Waals surface area contributed by atoms with Crippen LogP contribution in [0, 0.1) is 0 Å². The predicted octanol–water partition coefficient (Wildman–Crippen LogP) is 2.75. The largest absolute Gasteiger partial charge is 0.444 e. The lowest BCUT2D eigenvalue weighted by Gasteiger charge is -2.35. The predicted molar refractivity (Wildman–Crippen MR) is 94.3 cm³/mol. The van der Waals surface area contributed by atoms with E-state index in [0.29, 0.717) is 13.2 Å². The number of carbonyl (C=O) groups excluding carboxylic acids is 1. The van der Waals surface area contributed by atoms with Crippen molar-refractivity contribution in [3.63, 3.8) is 0 Å². The zero-order valence-electron chi connectivity index (χ0n) is 13.6. The molecule has 0 saturated carbocycles. The number of fused-ring (bicyclic) bond motifs is 1. The molecular formula is C19H21N3O2. The van der Waals surface area contributed by atoms with Crippen LogP contribution in [-0.4, -0.2) is 32.3 Å². The molecule has 124 valence electrons. The van der Waals surface area contributed by atoms with Gasteiger partial charge < -0.3 is 15.0 Å². The molecule has 0 aliphatic carbocycles. The first kappa shape index (κ1) is 15.0. The molecule has 24 heavy (non-hydrogen) atoms. The highest BCUT2D eigenvalue weighted by Gasteiger charge is 2.29. The third-order valence-corrected chi connectivity index (χ3v) is 4.62. The van der Waals surface area contributed by atoms with Crippen LogP contribution in [0.1, 0.15) is 11.1 Å². The number of anilines is 2. The van der Waals surface area contributed by atoms with Gasteiger partial charge >= 0.3 is 6.09 Å². The average molecular weight is 323 g/mol. The fourth-order valence-electron chi connectivity index (χ4n) is 3.39. The number of ether oxygens (including phenoxy) is 1. The molecule has 2 heterocycles. The molecule has 0 bridgehead atoms. The summed E-state index contributed by atoms with van der Waals surface area (Å²) in [5.41, 5.74) is 4.34. The van der Waals surface area contributed by atoms with E-state index in [-0.39, 0.29) is 6.09 Å². The second-order valence-electron chi connectivity index (χ2n) is 6.14. The molecule has 5 heteroatoms. The Balaban J connectivity index is 1.68. The van der Waals surface area contributed by atoms with E-state index in [1.165, 1.54) is 5.69 Å². The van der Waals surface area contributed by atoms with Gasteiger partial charge in [0.15, 0.2) is 0 Å². The fraction of sp³-hybridized carbons (Fsp3) is 0.316. The van der Waals surface area contributed by atoms with Crippen LogP contribution in [0.25, 0.3) is 0 Å². The van der Waals surface area contributed by atoms with Gasteiger partial charge in [0.2, 0.25) is 0 Å². The smallest absolute Gasteiger partial charge is 0.414 e. The van der Waals surface area contributed by atoms with Crippen molar-refractivity contribution in [3.8, 4) is 0 Å². The van der Waals surface area contributed by atoms with Gasteiger partial charge in [-0.3, -0.25) is 4.90 Å². The first-order valence-corrected chi connectivity index (χ1v) is 8.39. The van der Waals surface area contributed by atoms with Crippen molar-refractivity contribution in [2.45, 2.75) is 13.2 Å². The number of hydrogen-bond acceptors (Lipinski definition) is 4. The van der Waals surface area contributed by atoms with E-state index in [9.17, 15) is 4.79 Å². The molecule has 0 spiro atoms. The number of amides is 1. The number of nitrogens with zero attached hydrogens (tertiary/aromatic N) is 2. The lowest BCUT2D eigenvalue weighted by molar-refractivity contribution is 0.141. The van der Waals surface area contributed by atoms with E-state index in [2.05, 4.69) is 16.3 Å². The number of piperazine rings is 1. The van der Waals surface area contributed by atoms with Gasteiger partial charge in [-0.1, -0.05) is 36.4 Å². The maximum atomic E-state index is 12.3. The minimum absolute atomic E-state index is 0.274. The highest BCUT2D eigenvalue weighted by Crippen LogP contribution is 2.35. The Morgan fingerprint density at radius 3 is 2.50 bits per heavy atom. The van der Waals surface area contributed by atoms with Gasteiger partial charge in [0.25, 0.3) is 0 Å². The van der Waals surface area contributed by atoms with E-state index in [0.717, 1.165) is 43.0 Å². The topological polar surface area (TPSA) is 44.8 Å². The Kier molecular flexibility index (Phi) is 4.09. The molecule has 0 aromatic heterocycles. The number of cyclic esters (lactones) is 1. The highest BCUT2D eigenvalue weighted by molar-refractivity contribution is 5.92. The molecule has 4 rings (SSSR count). The number of benzene rings is 2. The molecule has 5 nitrogen and oxygen atoms in total. The number of carbonyl (C=O) groups is 1. The van der Waals surface area contributed by atoms with Crippen LogP contribution < -0.4 is 15.1 Å². The average Bonchev–Trinajstić information content (AvgIpc) is 2.65. The maximum absolute atomic E-state index is 12.3. The van der Waals surface area contributed by atoms with Crippen molar-refractivity contribution < 1.29 is 9.53 Å². The van der Waals surface area contributed by atoms with E-state index in [4.69, 9.17) is 4.74 Å². The van der Waals surface area contributed by atoms with Crippen LogP contribution in [0.4, 0.5) is 16.2 Å². The zero-order chi connectivity index (χ0) is 16.4.